The smallest absolute Gasteiger partial charge is 0.264 e. The van der Waals surface area contributed by atoms with E-state index in [-0.39, 0.29) is 10.8 Å². The number of carbonyl (C=O) groups is 1. The summed E-state index contributed by atoms with van der Waals surface area (Å²) < 4.78 is 27.2. The third kappa shape index (κ3) is 4.50. The number of anilines is 2. The van der Waals surface area contributed by atoms with E-state index in [4.69, 9.17) is 11.6 Å². The van der Waals surface area contributed by atoms with Crippen LogP contribution >= 0.6 is 11.6 Å². The van der Waals surface area contributed by atoms with Gasteiger partial charge in [-0.25, -0.2) is 8.42 Å². The van der Waals surface area contributed by atoms with Gasteiger partial charge in [-0.3, -0.25) is 9.10 Å². The second-order valence-electron chi connectivity index (χ2n) is 7.20. The van der Waals surface area contributed by atoms with Crippen molar-refractivity contribution >= 4 is 38.9 Å². The summed E-state index contributed by atoms with van der Waals surface area (Å²) in [6, 6.07) is 16.9. The van der Waals surface area contributed by atoms with Crippen molar-refractivity contribution in [2.45, 2.75) is 25.7 Å². The standard InChI is InChI=1S/C23H23ClN2O3S/c1-15-5-10-20(11-6-15)30(28,29)26(4)22-12-8-18(13-17(22)3)23(27)25-21-14-19(24)9-7-16(21)2/h5-14H,1-4H3,(H,25,27). The molecule has 0 aliphatic heterocycles. The highest BCUT2D eigenvalue weighted by Crippen LogP contribution is 2.27. The lowest BCUT2D eigenvalue weighted by Crippen LogP contribution is -2.27. The molecule has 0 fully saturated rings. The fourth-order valence-electron chi connectivity index (χ4n) is 3.07. The first kappa shape index (κ1) is 21.9. The summed E-state index contributed by atoms with van der Waals surface area (Å²) in [4.78, 5) is 12.9. The Morgan fingerprint density at radius 2 is 1.57 bits per heavy atom. The lowest BCUT2D eigenvalue weighted by atomic mass is 10.1. The number of rotatable bonds is 5. The van der Waals surface area contributed by atoms with Gasteiger partial charge >= 0.3 is 0 Å². The van der Waals surface area contributed by atoms with E-state index < -0.39 is 10.0 Å². The highest BCUT2D eigenvalue weighted by molar-refractivity contribution is 7.92. The number of hydrogen-bond acceptors (Lipinski definition) is 3. The van der Waals surface area contributed by atoms with E-state index in [0.29, 0.717) is 27.5 Å². The molecular formula is C23H23ClN2O3S. The molecule has 0 atom stereocenters. The molecule has 0 aliphatic rings. The van der Waals surface area contributed by atoms with Crippen molar-refractivity contribution in [3.63, 3.8) is 0 Å². The molecule has 3 rings (SSSR count). The van der Waals surface area contributed by atoms with Crippen LogP contribution in [0.4, 0.5) is 11.4 Å². The molecule has 30 heavy (non-hydrogen) atoms. The van der Waals surface area contributed by atoms with Crippen molar-refractivity contribution in [3.05, 3.63) is 87.9 Å². The number of amides is 1. The van der Waals surface area contributed by atoms with Crippen LogP contribution in [0.3, 0.4) is 0 Å². The van der Waals surface area contributed by atoms with Crippen LogP contribution in [0.25, 0.3) is 0 Å². The molecule has 0 aliphatic carbocycles. The van der Waals surface area contributed by atoms with Crippen molar-refractivity contribution < 1.29 is 13.2 Å². The van der Waals surface area contributed by atoms with Gasteiger partial charge in [-0.15, -0.1) is 0 Å². The molecule has 5 nitrogen and oxygen atoms in total. The molecule has 0 radical (unpaired) electrons. The normalized spacial score (nSPS) is 11.2. The summed E-state index contributed by atoms with van der Waals surface area (Å²) in [7, 11) is -2.20. The summed E-state index contributed by atoms with van der Waals surface area (Å²) in [6.45, 7) is 5.56. The molecule has 1 N–H and O–H groups in total. The van der Waals surface area contributed by atoms with E-state index in [1.165, 1.54) is 11.4 Å². The molecule has 0 saturated carbocycles. The van der Waals surface area contributed by atoms with Gasteiger partial charge in [0.25, 0.3) is 15.9 Å². The Morgan fingerprint density at radius 1 is 0.900 bits per heavy atom. The molecule has 156 valence electrons. The largest absolute Gasteiger partial charge is 0.322 e. The Hall–Kier alpha value is -2.83. The number of aryl methyl sites for hydroxylation is 3. The monoisotopic (exact) mass is 442 g/mol. The number of sulfonamides is 1. The zero-order valence-electron chi connectivity index (χ0n) is 17.2. The average molecular weight is 443 g/mol. The van der Waals surface area contributed by atoms with Gasteiger partial charge in [0, 0.05) is 23.3 Å². The van der Waals surface area contributed by atoms with E-state index in [1.807, 2.05) is 19.9 Å². The lowest BCUT2D eigenvalue weighted by molar-refractivity contribution is 0.102. The summed E-state index contributed by atoms with van der Waals surface area (Å²) in [6.07, 6.45) is 0. The predicted molar refractivity (Wildman–Crippen MR) is 122 cm³/mol. The van der Waals surface area contributed by atoms with E-state index in [2.05, 4.69) is 5.32 Å². The molecule has 3 aromatic rings. The van der Waals surface area contributed by atoms with Crippen molar-refractivity contribution in [3.8, 4) is 0 Å². The molecule has 0 heterocycles. The molecule has 0 saturated heterocycles. The van der Waals surface area contributed by atoms with Crippen molar-refractivity contribution in [1.29, 1.82) is 0 Å². The zero-order chi connectivity index (χ0) is 22.1. The second-order valence-corrected chi connectivity index (χ2v) is 9.61. The van der Waals surface area contributed by atoms with Crippen LogP contribution in [0.5, 0.6) is 0 Å². The Kier molecular flexibility index (Phi) is 6.19. The van der Waals surface area contributed by atoms with Crippen LogP contribution in [0.15, 0.2) is 65.6 Å². The summed E-state index contributed by atoms with van der Waals surface area (Å²) in [5.41, 5.74) is 4.11. The van der Waals surface area contributed by atoms with Crippen molar-refractivity contribution in [2.75, 3.05) is 16.7 Å². The van der Waals surface area contributed by atoms with Crippen LogP contribution in [-0.2, 0) is 10.0 Å². The van der Waals surface area contributed by atoms with Gasteiger partial charge in [0.2, 0.25) is 0 Å². The van der Waals surface area contributed by atoms with Gasteiger partial charge in [-0.05, 0) is 74.4 Å². The highest BCUT2D eigenvalue weighted by Gasteiger charge is 2.23. The number of nitrogens with one attached hydrogen (secondary N) is 1. The Morgan fingerprint density at radius 3 is 2.20 bits per heavy atom. The molecule has 0 bridgehead atoms. The Bertz CT molecular complexity index is 1210. The van der Waals surface area contributed by atoms with Crippen LogP contribution in [0.2, 0.25) is 5.02 Å². The van der Waals surface area contributed by atoms with E-state index in [0.717, 1.165) is 11.1 Å². The molecule has 7 heteroatoms. The van der Waals surface area contributed by atoms with Crippen LogP contribution < -0.4 is 9.62 Å². The van der Waals surface area contributed by atoms with E-state index in [9.17, 15) is 13.2 Å². The molecule has 0 unspecified atom stereocenters. The maximum absolute atomic E-state index is 13.0. The van der Waals surface area contributed by atoms with Crippen molar-refractivity contribution in [1.82, 2.24) is 0 Å². The van der Waals surface area contributed by atoms with Crippen molar-refractivity contribution in [2.24, 2.45) is 0 Å². The fourth-order valence-corrected chi connectivity index (χ4v) is 4.50. The number of hydrogen-bond donors (Lipinski definition) is 1. The minimum Gasteiger partial charge on any atom is -0.322 e. The van der Waals surface area contributed by atoms with Gasteiger partial charge in [0.1, 0.15) is 0 Å². The second kappa shape index (κ2) is 8.50. The number of nitrogens with zero attached hydrogens (tertiary/aromatic N) is 1. The minimum atomic E-state index is -3.71. The first-order chi connectivity index (χ1) is 14.1. The molecule has 3 aromatic carbocycles. The molecule has 0 spiro atoms. The lowest BCUT2D eigenvalue weighted by Gasteiger charge is -2.22. The van der Waals surface area contributed by atoms with Gasteiger partial charge < -0.3 is 5.32 Å². The molecule has 1 amide bonds. The number of halogens is 1. The zero-order valence-corrected chi connectivity index (χ0v) is 18.8. The van der Waals surface area contributed by atoms with E-state index >= 15 is 0 Å². The third-order valence-corrected chi connectivity index (χ3v) is 6.95. The van der Waals surface area contributed by atoms with Crippen LogP contribution in [0.1, 0.15) is 27.0 Å². The highest BCUT2D eigenvalue weighted by atomic mass is 35.5. The third-order valence-electron chi connectivity index (χ3n) is 4.93. The molecular weight excluding hydrogens is 420 g/mol. The number of benzene rings is 3. The van der Waals surface area contributed by atoms with E-state index in [1.54, 1.807) is 61.5 Å². The molecule has 0 aromatic heterocycles. The first-order valence-corrected chi connectivity index (χ1v) is 11.1. The maximum Gasteiger partial charge on any atom is 0.264 e. The summed E-state index contributed by atoms with van der Waals surface area (Å²) in [5.74, 6) is -0.293. The Labute approximate surface area is 182 Å². The quantitative estimate of drug-likeness (QED) is 0.579. The minimum absolute atomic E-state index is 0.216. The van der Waals surface area contributed by atoms with Crippen LogP contribution in [-0.4, -0.2) is 21.4 Å². The van der Waals surface area contributed by atoms with Crippen LogP contribution in [0, 0.1) is 20.8 Å². The summed E-state index contributed by atoms with van der Waals surface area (Å²) >= 11 is 6.02. The van der Waals surface area contributed by atoms with Gasteiger partial charge in [0.05, 0.1) is 10.6 Å². The SMILES string of the molecule is Cc1ccc(S(=O)(=O)N(C)c2ccc(C(=O)Nc3cc(Cl)ccc3C)cc2C)cc1. The fraction of sp³-hybridized carbons (Fsp3) is 0.174. The van der Waals surface area contributed by atoms with Gasteiger partial charge in [-0.1, -0.05) is 35.4 Å². The summed E-state index contributed by atoms with van der Waals surface area (Å²) in [5, 5.41) is 3.38. The maximum atomic E-state index is 13.0. The average Bonchev–Trinajstić information content (AvgIpc) is 2.70. The van der Waals surface area contributed by atoms with Gasteiger partial charge in [-0.2, -0.15) is 0 Å². The predicted octanol–water partition coefficient (Wildman–Crippen LogP) is 5.34. The number of carbonyl (C=O) groups excluding carboxylic acids is 1. The Balaban J connectivity index is 1.86. The van der Waals surface area contributed by atoms with Gasteiger partial charge in [0.15, 0.2) is 0 Å². The topological polar surface area (TPSA) is 66.5 Å². The first-order valence-electron chi connectivity index (χ1n) is 9.33.